The number of carbonyl (C=O) groups excluding carboxylic acids is 1. The highest BCUT2D eigenvalue weighted by atomic mass is 16.5. The normalized spacial score (nSPS) is 15.1. The topological polar surface area (TPSA) is 73.6 Å². The van der Waals surface area contributed by atoms with Crippen molar-refractivity contribution in [2.75, 3.05) is 26.4 Å². The predicted octanol–water partition coefficient (Wildman–Crippen LogP) is 1.84. The average Bonchev–Trinajstić information content (AvgIpc) is 2.31. The van der Waals surface area contributed by atoms with E-state index >= 15 is 0 Å². The molecule has 20 heavy (non-hydrogen) atoms. The van der Waals surface area contributed by atoms with Gasteiger partial charge in [-0.15, -0.1) is 0 Å². The number of hydrogen-bond acceptors (Lipinski definition) is 4. The highest BCUT2D eigenvalue weighted by Gasteiger charge is 2.28. The Hall–Kier alpha value is -0.650. The van der Waals surface area contributed by atoms with Gasteiger partial charge in [0.25, 0.3) is 0 Å². The molecule has 0 bridgehead atoms. The molecule has 0 fully saturated rings. The number of nitrogens with two attached hydrogens (primary N) is 1. The predicted molar refractivity (Wildman–Crippen MR) is 81.7 cm³/mol. The fourth-order valence-corrected chi connectivity index (χ4v) is 1.88. The fourth-order valence-electron chi connectivity index (χ4n) is 1.88. The Labute approximate surface area is 123 Å². The zero-order valence-electron chi connectivity index (χ0n) is 13.8. The number of unbranched alkanes of at least 4 members (excludes halogenated alkanes) is 1. The van der Waals surface area contributed by atoms with E-state index in [2.05, 4.69) is 5.32 Å². The van der Waals surface area contributed by atoms with Crippen molar-refractivity contribution < 1.29 is 14.3 Å². The fraction of sp³-hybridized carbons (Fsp3) is 0.933. The Kier molecular flexibility index (Phi) is 9.01. The van der Waals surface area contributed by atoms with Crippen molar-refractivity contribution in [3.05, 3.63) is 0 Å². The second kappa shape index (κ2) is 9.32. The Morgan fingerprint density at radius 3 is 2.25 bits per heavy atom. The summed E-state index contributed by atoms with van der Waals surface area (Å²) in [6.45, 7) is 12.6. The number of likely N-dealkylation sites (N-methyl/N-ethyl adjacent to an activating group) is 1. The van der Waals surface area contributed by atoms with Crippen LogP contribution < -0.4 is 11.1 Å². The van der Waals surface area contributed by atoms with Crippen LogP contribution in [0.4, 0.5) is 0 Å². The van der Waals surface area contributed by atoms with Gasteiger partial charge in [-0.1, -0.05) is 6.92 Å². The van der Waals surface area contributed by atoms with Gasteiger partial charge in [0.15, 0.2) is 0 Å². The first-order valence-electron chi connectivity index (χ1n) is 7.48. The molecular formula is C15H32N2O3. The first-order valence-corrected chi connectivity index (χ1v) is 7.48. The largest absolute Gasteiger partial charge is 0.379 e. The van der Waals surface area contributed by atoms with Gasteiger partial charge in [0, 0.05) is 6.61 Å². The summed E-state index contributed by atoms with van der Waals surface area (Å²) in [5.41, 5.74) is 4.71. The third-order valence-corrected chi connectivity index (χ3v) is 3.09. The number of amides is 1. The van der Waals surface area contributed by atoms with Gasteiger partial charge < -0.3 is 20.5 Å². The molecule has 0 aliphatic rings. The molecule has 5 nitrogen and oxygen atoms in total. The minimum absolute atomic E-state index is 0.113. The van der Waals surface area contributed by atoms with Gasteiger partial charge in [0.05, 0.1) is 24.4 Å². The smallest absolute Gasteiger partial charge is 0.237 e. The van der Waals surface area contributed by atoms with E-state index in [-0.39, 0.29) is 11.5 Å². The molecule has 120 valence electrons. The van der Waals surface area contributed by atoms with Crippen molar-refractivity contribution in [1.29, 1.82) is 0 Å². The minimum atomic E-state index is -0.607. The first-order chi connectivity index (χ1) is 9.21. The van der Waals surface area contributed by atoms with E-state index < -0.39 is 5.54 Å². The minimum Gasteiger partial charge on any atom is -0.379 e. The quantitative estimate of drug-likeness (QED) is 0.569. The maximum absolute atomic E-state index is 11.4. The van der Waals surface area contributed by atoms with Crippen LogP contribution in [0, 0.1) is 0 Å². The number of hydrogen-bond donors (Lipinski definition) is 2. The molecule has 0 rings (SSSR count). The molecule has 1 unspecified atom stereocenters. The molecule has 0 aliphatic heterocycles. The van der Waals surface area contributed by atoms with E-state index in [1.54, 1.807) is 0 Å². The zero-order chi connectivity index (χ0) is 15.6. The van der Waals surface area contributed by atoms with Gasteiger partial charge in [0.1, 0.15) is 0 Å². The molecular weight excluding hydrogens is 256 g/mol. The Morgan fingerprint density at radius 2 is 1.75 bits per heavy atom. The van der Waals surface area contributed by atoms with Crippen LogP contribution >= 0.6 is 0 Å². The van der Waals surface area contributed by atoms with Gasteiger partial charge in [-0.3, -0.25) is 4.79 Å². The third-order valence-electron chi connectivity index (χ3n) is 3.09. The molecule has 0 radical (unpaired) electrons. The number of nitrogens with one attached hydrogen (secondary N) is 1. The summed E-state index contributed by atoms with van der Waals surface area (Å²) in [6.07, 6.45) is 2.56. The first kappa shape index (κ1) is 19.4. The van der Waals surface area contributed by atoms with E-state index in [9.17, 15) is 4.79 Å². The third kappa shape index (κ3) is 9.28. The summed E-state index contributed by atoms with van der Waals surface area (Å²) in [5, 5.41) is 3.15. The lowest BCUT2D eigenvalue weighted by atomic mass is 9.94. The maximum atomic E-state index is 11.4. The van der Waals surface area contributed by atoms with Crippen molar-refractivity contribution in [2.24, 2.45) is 5.73 Å². The molecule has 0 spiro atoms. The van der Waals surface area contributed by atoms with Crippen molar-refractivity contribution in [1.82, 2.24) is 5.32 Å². The maximum Gasteiger partial charge on any atom is 0.237 e. The summed E-state index contributed by atoms with van der Waals surface area (Å²) in [6, 6.07) is 0. The SMILES string of the molecule is CCNC(C)(CCCCOCCOC(C)(C)C)C(N)=O. The second-order valence-corrected chi connectivity index (χ2v) is 6.26. The van der Waals surface area contributed by atoms with Crippen LogP contribution in [0.5, 0.6) is 0 Å². The second-order valence-electron chi connectivity index (χ2n) is 6.26. The lowest BCUT2D eigenvalue weighted by Crippen LogP contribution is -2.52. The van der Waals surface area contributed by atoms with Gasteiger partial charge in [-0.2, -0.15) is 0 Å². The number of primary amides is 1. The van der Waals surface area contributed by atoms with Crippen LogP contribution in [0.15, 0.2) is 0 Å². The molecule has 0 heterocycles. The van der Waals surface area contributed by atoms with Crippen molar-refractivity contribution in [3.63, 3.8) is 0 Å². The van der Waals surface area contributed by atoms with Gasteiger partial charge >= 0.3 is 0 Å². The van der Waals surface area contributed by atoms with E-state index in [1.807, 2.05) is 34.6 Å². The van der Waals surface area contributed by atoms with Crippen molar-refractivity contribution in [3.8, 4) is 0 Å². The summed E-state index contributed by atoms with van der Waals surface area (Å²) >= 11 is 0. The lowest BCUT2D eigenvalue weighted by molar-refractivity contribution is -0.124. The molecule has 3 N–H and O–H groups in total. The molecule has 0 aromatic carbocycles. The highest BCUT2D eigenvalue weighted by molar-refractivity contribution is 5.84. The summed E-state index contributed by atoms with van der Waals surface area (Å²) in [4.78, 5) is 11.4. The van der Waals surface area contributed by atoms with Gasteiger partial charge in [0.2, 0.25) is 5.91 Å². The molecule has 0 aromatic heterocycles. The highest BCUT2D eigenvalue weighted by Crippen LogP contribution is 2.13. The van der Waals surface area contributed by atoms with Crippen LogP contribution in [-0.4, -0.2) is 43.4 Å². The average molecular weight is 288 g/mol. The van der Waals surface area contributed by atoms with Crippen molar-refractivity contribution in [2.45, 2.75) is 65.0 Å². The number of carbonyl (C=O) groups is 1. The molecule has 0 saturated carbocycles. The molecule has 0 saturated heterocycles. The molecule has 1 amide bonds. The summed E-state index contributed by atoms with van der Waals surface area (Å²) < 4.78 is 11.1. The number of ether oxygens (including phenoxy) is 2. The Morgan fingerprint density at radius 1 is 1.10 bits per heavy atom. The zero-order valence-corrected chi connectivity index (χ0v) is 13.8. The van der Waals surface area contributed by atoms with E-state index in [0.29, 0.717) is 19.8 Å². The number of rotatable bonds is 11. The van der Waals surface area contributed by atoms with Gasteiger partial charge in [-0.05, 0) is 53.5 Å². The Balaban J connectivity index is 3.63. The van der Waals surface area contributed by atoms with Crippen LogP contribution in [0.1, 0.15) is 53.9 Å². The summed E-state index contributed by atoms with van der Waals surface area (Å²) in [5.74, 6) is -0.293. The van der Waals surface area contributed by atoms with Crippen LogP contribution in [0.2, 0.25) is 0 Å². The van der Waals surface area contributed by atoms with Crippen LogP contribution in [-0.2, 0) is 14.3 Å². The monoisotopic (exact) mass is 288 g/mol. The summed E-state index contributed by atoms with van der Waals surface area (Å²) in [7, 11) is 0. The molecule has 0 aromatic rings. The standard InChI is InChI=1S/C15H32N2O3/c1-6-17-15(5,13(16)18)9-7-8-10-19-11-12-20-14(2,3)4/h17H,6-12H2,1-5H3,(H2,16,18). The van der Waals surface area contributed by atoms with Gasteiger partial charge in [-0.25, -0.2) is 0 Å². The van der Waals surface area contributed by atoms with Crippen molar-refractivity contribution >= 4 is 5.91 Å². The molecule has 0 aliphatic carbocycles. The van der Waals surface area contributed by atoms with Crippen LogP contribution in [0.25, 0.3) is 0 Å². The van der Waals surface area contributed by atoms with E-state index in [4.69, 9.17) is 15.2 Å². The lowest BCUT2D eigenvalue weighted by Gasteiger charge is -2.26. The van der Waals surface area contributed by atoms with E-state index in [1.165, 1.54) is 0 Å². The van der Waals surface area contributed by atoms with Crippen LogP contribution in [0.3, 0.4) is 0 Å². The molecule has 5 heteroatoms. The van der Waals surface area contributed by atoms with E-state index in [0.717, 1.165) is 25.8 Å². The Bertz CT molecular complexity index is 277. The molecule has 1 atom stereocenters.